The first-order valence-electron chi connectivity index (χ1n) is 7.26. The molecular formula is C16H21NO6. The zero-order chi connectivity index (χ0) is 17.0. The van der Waals surface area contributed by atoms with Gasteiger partial charge in [0.25, 0.3) is 0 Å². The molecule has 1 heterocycles. The second-order valence-electron chi connectivity index (χ2n) is 6.01. The van der Waals surface area contributed by atoms with Gasteiger partial charge in [-0.15, -0.1) is 0 Å². The van der Waals surface area contributed by atoms with Crippen molar-refractivity contribution in [2.75, 3.05) is 20.3 Å². The molecule has 0 radical (unpaired) electrons. The summed E-state index contributed by atoms with van der Waals surface area (Å²) in [4.78, 5) is 23.3. The molecule has 7 heteroatoms. The number of carbonyl (C=O) groups is 2. The lowest BCUT2D eigenvalue weighted by Crippen LogP contribution is -2.35. The van der Waals surface area contributed by atoms with Gasteiger partial charge in [0.05, 0.1) is 7.11 Å². The minimum Gasteiger partial charge on any atom is -0.493 e. The van der Waals surface area contributed by atoms with Gasteiger partial charge in [0.1, 0.15) is 31.1 Å². The summed E-state index contributed by atoms with van der Waals surface area (Å²) < 4.78 is 21.5. The molecule has 2 rings (SSSR count). The summed E-state index contributed by atoms with van der Waals surface area (Å²) in [6.07, 6.45) is -0.0575. The van der Waals surface area contributed by atoms with Crippen LogP contribution < -0.4 is 19.5 Å². The number of amides is 1. The number of fused-ring (bicyclic) bond motifs is 1. The molecule has 0 aromatic heterocycles. The van der Waals surface area contributed by atoms with Crippen LogP contribution in [0.25, 0.3) is 0 Å². The standard InChI is InChI=1S/C16H21NO6/c1-16(2,3)23-15(19)17-11(9-18)10-7-12(20-4)14-13(8-10)21-5-6-22-14/h7-9,11H,5-6H2,1-4H3,(H,17,19). The van der Waals surface area contributed by atoms with Crippen LogP contribution in [0.4, 0.5) is 4.79 Å². The third-order valence-corrected chi connectivity index (χ3v) is 3.02. The largest absolute Gasteiger partial charge is 0.493 e. The van der Waals surface area contributed by atoms with Gasteiger partial charge in [-0.2, -0.15) is 0 Å². The van der Waals surface area contributed by atoms with E-state index in [1.165, 1.54) is 7.11 Å². The SMILES string of the molecule is COc1cc(C(C=O)NC(=O)OC(C)(C)C)cc2c1OCCO2. The Balaban J connectivity index is 2.24. The summed E-state index contributed by atoms with van der Waals surface area (Å²) in [5, 5.41) is 2.52. The van der Waals surface area contributed by atoms with E-state index in [0.29, 0.717) is 42.3 Å². The highest BCUT2D eigenvalue weighted by atomic mass is 16.6. The average Bonchev–Trinajstić information content (AvgIpc) is 2.49. The van der Waals surface area contributed by atoms with Crippen molar-refractivity contribution in [3.8, 4) is 17.2 Å². The third-order valence-electron chi connectivity index (χ3n) is 3.02. The van der Waals surface area contributed by atoms with Crippen LogP contribution in [-0.2, 0) is 9.53 Å². The lowest BCUT2D eigenvalue weighted by atomic mass is 10.1. The van der Waals surface area contributed by atoms with Crippen LogP contribution in [-0.4, -0.2) is 38.3 Å². The van der Waals surface area contributed by atoms with E-state index >= 15 is 0 Å². The predicted octanol–water partition coefficient (Wildman–Crippen LogP) is 2.23. The van der Waals surface area contributed by atoms with Gasteiger partial charge >= 0.3 is 6.09 Å². The van der Waals surface area contributed by atoms with Gasteiger partial charge in [0, 0.05) is 0 Å². The fourth-order valence-corrected chi connectivity index (χ4v) is 2.10. The molecule has 1 aromatic carbocycles. The number of aldehydes is 1. The molecule has 0 saturated heterocycles. The fraction of sp³-hybridized carbons (Fsp3) is 0.500. The van der Waals surface area contributed by atoms with E-state index in [9.17, 15) is 9.59 Å². The summed E-state index contributed by atoms with van der Waals surface area (Å²) in [6, 6.07) is 2.40. The molecule has 0 spiro atoms. The van der Waals surface area contributed by atoms with Gasteiger partial charge in [-0.25, -0.2) is 4.79 Å². The van der Waals surface area contributed by atoms with Crippen molar-refractivity contribution in [2.45, 2.75) is 32.4 Å². The van der Waals surface area contributed by atoms with Crippen LogP contribution in [0.1, 0.15) is 32.4 Å². The zero-order valence-electron chi connectivity index (χ0n) is 13.7. The summed E-state index contributed by atoms with van der Waals surface area (Å²) in [7, 11) is 1.49. The van der Waals surface area contributed by atoms with Crippen LogP contribution in [0, 0.1) is 0 Å². The molecule has 0 bridgehead atoms. The Morgan fingerprint density at radius 3 is 2.61 bits per heavy atom. The quantitative estimate of drug-likeness (QED) is 0.856. The molecule has 0 saturated carbocycles. The number of benzene rings is 1. The van der Waals surface area contributed by atoms with Crippen molar-refractivity contribution in [3.63, 3.8) is 0 Å². The van der Waals surface area contributed by atoms with Crippen molar-refractivity contribution in [2.24, 2.45) is 0 Å². The number of ether oxygens (including phenoxy) is 4. The van der Waals surface area contributed by atoms with Crippen LogP contribution >= 0.6 is 0 Å². The summed E-state index contributed by atoms with van der Waals surface area (Å²) in [5.74, 6) is 1.41. The molecule has 1 aliphatic rings. The fourth-order valence-electron chi connectivity index (χ4n) is 2.10. The predicted molar refractivity (Wildman–Crippen MR) is 82.2 cm³/mol. The van der Waals surface area contributed by atoms with Gasteiger partial charge < -0.3 is 29.1 Å². The van der Waals surface area contributed by atoms with Crippen molar-refractivity contribution < 1.29 is 28.5 Å². The number of rotatable bonds is 4. The highest BCUT2D eigenvalue weighted by Gasteiger charge is 2.24. The first-order valence-corrected chi connectivity index (χ1v) is 7.26. The van der Waals surface area contributed by atoms with E-state index in [2.05, 4.69) is 5.32 Å². The summed E-state index contributed by atoms with van der Waals surface area (Å²) in [5.41, 5.74) is -0.130. The number of carbonyl (C=O) groups excluding carboxylic acids is 2. The molecule has 1 atom stereocenters. The van der Waals surface area contributed by atoms with Crippen LogP contribution in [0.5, 0.6) is 17.2 Å². The van der Waals surface area contributed by atoms with Crippen molar-refractivity contribution in [1.82, 2.24) is 5.32 Å². The second kappa shape index (κ2) is 6.76. The second-order valence-corrected chi connectivity index (χ2v) is 6.01. The van der Waals surface area contributed by atoms with Crippen molar-refractivity contribution in [3.05, 3.63) is 17.7 Å². The lowest BCUT2D eigenvalue weighted by molar-refractivity contribution is -0.109. The monoisotopic (exact) mass is 323 g/mol. The molecule has 1 unspecified atom stereocenters. The first-order chi connectivity index (χ1) is 10.8. The maximum atomic E-state index is 11.9. The summed E-state index contributed by atoms with van der Waals surface area (Å²) in [6.45, 7) is 6.07. The molecule has 0 fully saturated rings. The zero-order valence-corrected chi connectivity index (χ0v) is 13.7. The number of hydrogen-bond acceptors (Lipinski definition) is 6. The Kier molecular flexibility index (Phi) is 4.98. The van der Waals surface area contributed by atoms with E-state index in [4.69, 9.17) is 18.9 Å². The molecule has 23 heavy (non-hydrogen) atoms. The minimum atomic E-state index is -0.880. The van der Waals surface area contributed by atoms with E-state index in [-0.39, 0.29) is 0 Å². The highest BCUT2D eigenvalue weighted by Crippen LogP contribution is 2.41. The average molecular weight is 323 g/mol. The maximum absolute atomic E-state index is 11.9. The van der Waals surface area contributed by atoms with E-state index in [0.717, 1.165) is 0 Å². The number of alkyl carbamates (subject to hydrolysis) is 1. The molecule has 1 N–H and O–H groups in total. The molecule has 1 aromatic rings. The van der Waals surface area contributed by atoms with Crippen LogP contribution in [0.3, 0.4) is 0 Å². The van der Waals surface area contributed by atoms with E-state index in [1.54, 1.807) is 32.9 Å². The third kappa shape index (κ3) is 4.28. The molecule has 1 amide bonds. The lowest BCUT2D eigenvalue weighted by Gasteiger charge is -2.24. The molecule has 7 nitrogen and oxygen atoms in total. The molecule has 0 aliphatic carbocycles. The van der Waals surface area contributed by atoms with Gasteiger partial charge in [-0.1, -0.05) is 0 Å². The summed E-state index contributed by atoms with van der Waals surface area (Å²) >= 11 is 0. The van der Waals surface area contributed by atoms with E-state index < -0.39 is 17.7 Å². The van der Waals surface area contributed by atoms with Gasteiger partial charge in [0.15, 0.2) is 11.5 Å². The number of hydrogen-bond donors (Lipinski definition) is 1. The topological polar surface area (TPSA) is 83.1 Å². The highest BCUT2D eigenvalue weighted by molar-refractivity contribution is 5.75. The Bertz CT molecular complexity index is 576. The molecular weight excluding hydrogens is 302 g/mol. The Morgan fingerprint density at radius 2 is 2.00 bits per heavy atom. The minimum absolute atomic E-state index is 0.408. The smallest absolute Gasteiger partial charge is 0.408 e. The molecule has 126 valence electrons. The van der Waals surface area contributed by atoms with Crippen LogP contribution in [0.2, 0.25) is 0 Å². The van der Waals surface area contributed by atoms with Crippen molar-refractivity contribution in [1.29, 1.82) is 0 Å². The van der Waals surface area contributed by atoms with Gasteiger partial charge in [0.2, 0.25) is 5.75 Å². The van der Waals surface area contributed by atoms with Crippen LogP contribution in [0.15, 0.2) is 12.1 Å². The van der Waals surface area contributed by atoms with Gasteiger partial charge in [-0.05, 0) is 38.5 Å². The number of nitrogens with one attached hydrogen (secondary N) is 1. The Hall–Kier alpha value is -2.44. The Labute approximate surface area is 134 Å². The normalized spacial score (nSPS) is 14.6. The molecule has 1 aliphatic heterocycles. The Morgan fingerprint density at radius 1 is 1.30 bits per heavy atom. The van der Waals surface area contributed by atoms with Crippen molar-refractivity contribution >= 4 is 12.4 Å². The van der Waals surface area contributed by atoms with E-state index in [1.807, 2.05) is 0 Å². The van der Waals surface area contributed by atoms with Gasteiger partial charge in [-0.3, -0.25) is 0 Å². The number of methoxy groups -OCH3 is 1. The maximum Gasteiger partial charge on any atom is 0.408 e. The first kappa shape index (κ1) is 16.9.